The third kappa shape index (κ3) is 3.93. The number of benzene rings is 1. The number of rotatable bonds is 6. The van der Waals surface area contributed by atoms with E-state index in [0.717, 1.165) is 18.8 Å². The third-order valence-corrected chi connectivity index (χ3v) is 4.09. The lowest BCUT2D eigenvalue weighted by molar-refractivity contribution is 0.298. The van der Waals surface area contributed by atoms with E-state index in [-0.39, 0.29) is 0 Å². The maximum absolute atomic E-state index is 4.24. The lowest BCUT2D eigenvalue weighted by Crippen LogP contribution is -2.37. The van der Waals surface area contributed by atoms with Gasteiger partial charge in [-0.3, -0.25) is 0 Å². The molecule has 1 atom stereocenters. The Morgan fingerprint density at radius 1 is 1.19 bits per heavy atom. The molecule has 21 heavy (non-hydrogen) atoms. The Balaban J connectivity index is 1.48. The first-order chi connectivity index (χ1) is 10.3. The molecule has 1 N–H and O–H groups in total. The minimum Gasteiger partial charge on any atom is -0.309 e. The Morgan fingerprint density at radius 3 is 2.62 bits per heavy atom. The van der Waals surface area contributed by atoms with E-state index >= 15 is 0 Å². The van der Waals surface area contributed by atoms with Crippen LogP contribution in [0.2, 0.25) is 0 Å². The quantitative estimate of drug-likeness (QED) is 0.884. The highest BCUT2D eigenvalue weighted by molar-refractivity contribution is 5.33. The maximum Gasteiger partial charge on any atom is 0.0645 e. The van der Waals surface area contributed by atoms with E-state index in [9.17, 15) is 0 Å². The van der Waals surface area contributed by atoms with Crippen molar-refractivity contribution in [3.63, 3.8) is 0 Å². The first-order valence-corrected chi connectivity index (χ1v) is 7.86. The Bertz CT molecular complexity index is 526. The van der Waals surface area contributed by atoms with Crippen molar-refractivity contribution in [1.29, 1.82) is 0 Å². The Morgan fingerprint density at radius 2 is 1.95 bits per heavy atom. The van der Waals surface area contributed by atoms with E-state index in [0.29, 0.717) is 6.04 Å². The Kier molecular flexibility index (Phi) is 4.68. The smallest absolute Gasteiger partial charge is 0.0645 e. The second-order valence-electron chi connectivity index (χ2n) is 5.91. The standard InChI is InChI=1S/C17H24N4/c1-15(14-20-10-2-3-11-20)18-13-16-5-7-17(8-6-16)21-12-4-9-19-21/h4-9,12,15,18H,2-3,10-11,13-14H2,1H3. The van der Waals surface area contributed by atoms with E-state index in [1.807, 2.05) is 16.9 Å². The van der Waals surface area contributed by atoms with Gasteiger partial charge in [-0.15, -0.1) is 0 Å². The predicted octanol–water partition coefficient (Wildman–Crippen LogP) is 2.45. The second kappa shape index (κ2) is 6.87. The van der Waals surface area contributed by atoms with Crippen LogP contribution in [-0.4, -0.2) is 40.4 Å². The van der Waals surface area contributed by atoms with Gasteiger partial charge in [0.05, 0.1) is 5.69 Å². The number of aromatic nitrogens is 2. The molecule has 0 spiro atoms. The molecule has 1 fully saturated rings. The van der Waals surface area contributed by atoms with E-state index in [1.54, 1.807) is 6.20 Å². The maximum atomic E-state index is 4.24. The van der Waals surface area contributed by atoms with Gasteiger partial charge in [-0.25, -0.2) is 4.68 Å². The molecule has 1 unspecified atom stereocenters. The summed E-state index contributed by atoms with van der Waals surface area (Å²) < 4.78 is 1.88. The van der Waals surface area contributed by atoms with Gasteiger partial charge >= 0.3 is 0 Å². The molecule has 0 aliphatic carbocycles. The molecule has 1 aliphatic rings. The van der Waals surface area contributed by atoms with Crippen LogP contribution in [-0.2, 0) is 6.54 Å². The molecule has 112 valence electrons. The van der Waals surface area contributed by atoms with Gasteiger partial charge in [-0.2, -0.15) is 5.10 Å². The number of likely N-dealkylation sites (tertiary alicyclic amines) is 1. The molecule has 3 rings (SSSR count). The van der Waals surface area contributed by atoms with Crippen LogP contribution in [0, 0.1) is 0 Å². The summed E-state index contributed by atoms with van der Waals surface area (Å²) in [6.07, 6.45) is 6.49. The van der Waals surface area contributed by atoms with Gasteiger partial charge in [0.25, 0.3) is 0 Å². The molecular formula is C17H24N4. The highest BCUT2D eigenvalue weighted by Crippen LogP contribution is 2.10. The van der Waals surface area contributed by atoms with Crippen molar-refractivity contribution in [2.75, 3.05) is 19.6 Å². The van der Waals surface area contributed by atoms with Crippen LogP contribution < -0.4 is 5.32 Å². The molecule has 1 aromatic heterocycles. The summed E-state index contributed by atoms with van der Waals surface area (Å²) in [6, 6.07) is 11.1. The average molecular weight is 284 g/mol. The van der Waals surface area contributed by atoms with Crippen molar-refractivity contribution < 1.29 is 0 Å². The zero-order valence-corrected chi connectivity index (χ0v) is 12.7. The van der Waals surface area contributed by atoms with Gasteiger partial charge in [0.1, 0.15) is 0 Å². The zero-order valence-electron chi connectivity index (χ0n) is 12.7. The van der Waals surface area contributed by atoms with Crippen LogP contribution in [0.5, 0.6) is 0 Å². The van der Waals surface area contributed by atoms with Gasteiger partial charge in [-0.1, -0.05) is 12.1 Å². The van der Waals surface area contributed by atoms with Crippen molar-refractivity contribution in [3.05, 3.63) is 48.3 Å². The molecule has 1 aromatic carbocycles. The van der Waals surface area contributed by atoms with E-state index < -0.39 is 0 Å². The predicted molar refractivity (Wildman–Crippen MR) is 85.5 cm³/mol. The Labute approximate surface area is 126 Å². The fraction of sp³-hybridized carbons (Fsp3) is 0.471. The van der Waals surface area contributed by atoms with E-state index in [4.69, 9.17) is 0 Å². The monoisotopic (exact) mass is 284 g/mol. The first kappa shape index (κ1) is 14.3. The number of nitrogens with zero attached hydrogens (tertiary/aromatic N) is 3. The molecule has 0 amide bonds. The molecule has 1 aliphatic heterocycles. The molecule has 0 saturated carbocycles. The average Bonchev–Trinajstić information content (AvgIpc) is 3.19. The first-order valence-electron chi connectivity index (χ1n) is 7.86. The molecule has 2 aromatic rings. The van der Waals surface area contributed by atoms with Crippen molar-refractivity contribution in [2.45, 2.75) is 32.4 Å². The summed E-state index contributed by atoms with van der Waals surface area (Å²) >= 11 is 0. The van der Waals surface area contributed by atoms with Gasteiger partial charge in [0.15, 0.2) is 0 Å². The molecule has 4 heteroatoms. The molecule has 0 radical (unpaired) electrons. The molecule has 2 heterocycles. The van der Waals surface area contributed by atoms with Crippen LogP contribution in [0.25, 0.3) is 5.69 Å². The molecule has 0 bridgehead atoms. The van der Waals surface area contributed by atoms with Crippen molar-refractivity contribution in [1.82, 2.24) is 20.0 Å². The van der Waals surface area contributed by atoms with Crippen LogP contribution in [0.3, 0.4) is 0 Å². The topological polar surface area (TPSA) is 33.1 Å². The van der Waals surface area contributed by atoms with Gasteiger partial charge in [-0.05, 0) is 56.6 Å². The highest BCUT2D eigenvalue weighted by atomic mass is 15.3. The van der Waals surface area contributed by atoms with Crippen molar-refractivity contribution in [3.8, 4) is 5.69 Å². The summed E-state index contributed by atoms with van der Waals surface area (Å²) in [4.78, 5) is 2.55. The van der Waals surface area contributed by atoms with E-state index in [1.165, 1.54) is 31.5 Å². The summed E-state index contributed by atoms with van der Waals surface area (Å²) in [7, 11) is 0. The summed E-state index contributed by atoms with van der Waals surface area (Å²) in [5.74, 6) is 0. The fourth-order valence-electron chi connectivity index (χ4n) is 2.90. The van der Waals surface area contributed by atoms with Crippen LogP contribution in [0.1, 0.15) is 25.3 Å². The number of hydrogen-bond donors (Lipinski definition) is 1. The lowest BCUT2D eigenvalue weighted by Gasteiger charge is -2.21. The summed E-state index contributed by atoms with van der Waals surface area (Å²) in [5, 5.41) is 7.86. The van der Waals surface area contributed by atoms with Crippen molar-refractivity contribution in [2.24, 2.45) is 0 Å². The van der Waals surface area contributed by atoms with Gasteiger partial charge in [0, 0.05) is 31.5 Å². The number of hydrogen-bond acceptors (Lipinski definition) is 3. The number of nitrogens with one attached hydrogen (secondary N) is 1. The summed E-state index contributed by atoms with van der Waals surface area (Å²) in [5.41, 5.74) is 2.42. The minimum absolute atomic E-state index is 0.536. The van der Waals surface area contributed by atoms with Crippen LogP contribution in [0.15, 0.2) is 42.7 Å². The highest BCUT2D eigenvalue weighted by Gasteiger charge is 2.14. The molecular weight excluding hydrogens is 260 g/mol. The van der Waals surface area contributed by atoms with Crippen LogP contribution in [0.4, 0.5) is 0 Å². The molecule has 4 nitrogen and oxygen atoms in total. The lowest BCUT2D eigenvalue weighted by atomic mass is 10.2. The summed E-state index contributed by atoms with van der Waals surface area (Å²) in [6.45, 7) is 6.89. The molecule has 1 saturated heterocycles. The van der Waals surface area contributed by atoms with Gasteiger partial charge in [0.2, 0.25) is 0 Å². The zero-order chi connectivity index (χ0) is 14.5. The normalized spacial score (nSPS) is 17.2. The second-order valence-corrected chi connectivity index (χ2v) is 5.91. The minimum atomic E-state index is 0.536. The fourth-order valence-corrected chi connectivity index (χ4v) is 2.90. The van der Waals surface area contributed by atoms with Crippen molar-refractivity contribution >= 4 is 0 Å². The largest absolute Gasteiger partial charge is 0.309 e. The van der Waals surface area contributed by atoms with Gasteiger partial charge < -0.3 is 10.2 Å². The van der Waals surface area contributed by atoms with Crippen LogP contribution >= 0.6 is 0 Å². The van der Waals surface area contributed by atoms with E-state index in [2.05, 4.69) is 46.5 Å². The third-order valence-electron chi connectivity index (χ3n) is 4.09. The SMILES string of the molecule is CC(CN1CCCC1)NCc1ccc(-n2cccn2)cc1. The Hall–Kier alpha value is -1.65.